The molecule has 1 N–H and O–H groups in total. The van der Waals surface area contributed by atoms with Gasteiger partial charge in [-0.1, -0.05) is 29.8 Å². The predicted molar refractivity (Wildman–Crippen MR) is 99.0 cm³/mol. The average molecular weight is 334 g/mol. The summed E-state index contributed by atoms with van der Waals surface area (Å²) in [5, 5.41) is 3.00. The Bertz CT molecular complexity index is 872. The Labute approximate surface area is 147 Å². The van der Waals surface area contributed by atoms with Crippen molar-refractivity contribution in [2.45, 2.75) is 39.0 Å². The summed E-state index contributed by atoms with van der Waals surface area (Å²) in [5.74, 6) is 0.253. The predicted octanol–water partition coefficient (Wildman–Crippen LogP) is 3.90. The van der Waals surface area contributed by atoms with Crippen molar-refractivity contribution in [3.63, 3.8) is 0 Å². The van der Waals surface area contributed by atoms with Crippen molar-refractivity contribution in [2.24, 2.45) is 0 Å². The summed E-state index contributed by atoms with van der Waals surface area (Å²) in [6.07, 6.45) is 1.96. The summed E-state index contributed by atoms with van der Waals surface area (Å²) in [6, 6.07) is 12.4. The number of hydrogen-bond donors (Lipinski definition) is 1. The maximum Gasteiger partial charge on any atom is 0.227 e. The molecule has 1 fully saturated rings. The first-order valence-electron chi connectivity index (χ1n) is 8.84. The van der Waals surface area contributed by atoms with E-state index >= 15 is 0 Å². The number of fused-ring (bicyclic) bond motifs is 1. The van der Waals surface area contributed by atoms with E-state index in [9.17, 15) is 9.59 Å². The van der Waals surface area contributed by atoms with E-state index in [4.69, 9.17) is 0 Å². The summed E-state index contributed by atoms with van der Waals surface area (Å²) in [5.41, 5.74) is 6.45. The molecule has 4 rings (SSSR count). The van der Waals surface area contributed by atoms with Crippen molar-refractivity contribution in [3.05, 3.63) is 58.7 Å². The van der Waals surface area contributed by atoms with E-state index < -0.39 is 0 Å². The molecule has 2 aliphatic heterocycles. The lowest BCUT2D eigenvalue weighted by atomic mass is 9.82. The molecule has 1 unspecified atom stereocenters. The second kappa shape index (κ2) is 6.03. The van der Waals surface area contributed by atoms with Crippen LogP contribution in [0.3, 0.4) is 0 Å². The number of carbonyl (C=O) groups excluding carboxylic acids is 2. The van der Waals surface area contributed by atoms with Crippen LogP contribution in [0.15, 0.2) is 36.4 Å². The van der Waals surface area contributed by atoms with Gasteiger partial charge in [0.15, 0.2) is 0 Å². The standard InChI is InChI=1S/C21H22N2O2/c1-13-5-6-14(2)17(10-13)18-12-20(24)22-19-11-15(7-8-16(18)19)23-9-3-4-21(23)25/h5-8,10-11,18H,3-4,9,12H2,1-2H3,(H,22,24). The first kappa shape index (κ1) is 15.9. The van der Waals surface area contributed by atoms with Gasteiger partial charge in [0.05, 0.1) is 0 Å². The molecule has 1 saturated heterocycles. The lowest BCUT2D eigenvalue weighted by Crippen LogP contribution is -2.26. The zero-order valence-electron chi connectivity index (χ0n) is 14.6. The number of carbonyl (C=O) groups is 2. The zero-order chi connectivity index (χ0) is 17.6. The summed E-state index contributed by atoms with van der Waals surface area (Å²) < 4.78 is 0. The van der Waals surface area contributed by atoms with E-state index in [0.29, 0.717) is 12.8 Å². The Balaban J connectivity index is 1.77. The number of aryl methyl sites for hydroxylation is 2. The van der Waals surface area contributed by atoms with Crippen LogP contribution in [-0.2, 0) is 9.59 Å². The van der Waals surface area contributed by atoms with Gasteiger partial charge in [-0.2, -0.15) is 0 Å². The van der Waals surface area contributed by atoms with Crippen LogP contribution in [0.25, 0.3) is 0 Å². The first-order valence-corrected chi connectivity index (χ1v) is 8.84. The van der Waals surface area contributed by atoms with E-state index in [1.807, 2.05) is 17.0 Å². The Morgan fingerprint density at radius 1 is 1.04 bits per heavy atom. The molecule has 25 heavy (non-hydrogen) atoms. The molecule has 2 amide bonds. The third-order valence-electron chi connectivity index (χ3n) is 5.27. The average Bonchev–Trinajstić information content (AvgIpc) is 3.02. The van der Waals surface area contributed by atoms with Gasteiger partial charge < -0.3 is 10.2 Å². The molecular formula is C21H22N2O2. The third-order valence-corrected chi connectivity index (χ3v) is 5.27. The van der Waals surface area contributed by atoms with Gasteiger partial charge in [0.25, 0.3) is 0 Å². The number of nitrogens with one attached hydrogen (secondary N) is 1. The summed E-state index contributed by atoms with van der Waals surface area (Å²) in [7, 11) is 0. The molecule has 0 aromatic heterocycles. The summed E-state index contributed by atoms with van der Waals surface area (Å²) >= 11 is 0. The number of benzene rings is 2. The van der Waals surface area contributed by atoms with Crippen LogP contribution in [0.5, 0.6) is 0 Å². The molecule has 2 heterocycles. The number of amides is 2. The van der Waals surface area contributed by atoms with Crippen LogP contribution in [0.4, 0.5) is 11.4 Å². The minimum Gasteiger partial charge on any atom is -0.326 e. The lowest BCUT2D eigenvalue weighted by molar-refractivity contribution is -0.117. The van der Waals surface area contributed by atoms with Gasteiger partial charge in [0.2, 0.25) is 11.8 Å². The van der Waals surface area contributed by atoms with Crippen molar-refractivity contribution in [3.8, 4) is 0 Å². The second-order valence-corrected chi connectivity index (χ2v) is 7.09. The van der Waals surface area contributed by atoms with Gasteiger partial charge in [0.1, 0.15) is 0 Å². The smallest absolute Gasteiger partial charge is 0.227 e. The number of anilines is 2. The molecule has 4 nitrogen and oxygen atoms in total. The van der Waals surface area contributed by atoms with Gasteiger partial charge in [0, 0.05) is 36.7 Å². The highest BCUT2D eigenvalue weighted by molar-refractivity contribution is 5.99. The lowest BCUT2D eigenvalue weighted by Gasteiger charge is -2.29. The van der Waals surface area contributed by atoms with Crippen molar-refractivity contribution >= 4 is 23.2 Å². The summed E-state index contributed by atoms with van der Waals surface area (Å²) in [6.45, 7) is 4.93. The Hall–Kier alpha value is -2.62. The van der Waals surface area contributed by atoms with Crippen LogP contribution in [0.1, 0.15) is 47.4 Å². The van der Waals surface area contributed by atoms with Gasteiger partial charge in [-0.25, -0.2) is 0 Å². The van der Waals surface area contributed by atoms with Gasteiger partial charge in [-0.3, -0.25) is 9.59 Å². The fraction of sp³-hybridized carbons (Fsp3) is 0.333. The quantitative estimate of drug-likeness (QED) is 0.905. The van der Waals surface area contributed by atoms with Crippen molar-refractivity contribution in [2.75, 3.05) is 16.8 Å². The normalized spacial score (nSPS) is 19.8. The van der Waals surface area contributed by atoms with Gasteiger partial charge >= 0.3 is 0 Å². The molecule has 0 bridgehead atoms. The van der Waals surface area contributed by atoms with Crippen LogP contribution >= 0.6 is 0 Å². The minimum absolute atomic E-state index is 0.0308. The van der Waals surface area contributed by atoms with Crippen LogP contribution in [0.2, 0.25) is 0 Å². The van der Waals surface area contributed by atoms with Crippen molar-refractivity contribution in [1.82, 2.24) is 0 Å². The Morgan fingerprint density at radius 2 is 1.88 bits per heavy atom. The van der Waals surface area contributed by atoms with Crippen LogP contribution in [0, 0.1) is 13.8 Å². The Kier molecular flexibility index (Phi) is 3.83. The van der Waals surface area contributed by atoms with Crippen molar-refractivity contribution in [1.29, 1.82) is 0 Å². The Morgan fingerprint density at radius 3 is 2.64 bits per heavy atom. The molecule has 1 atom stereocenters. The minimum atomic E-state index is 0.0308. The van der Waals surface area contributed by atoms with Crippen LogP contribution < -0.4 is 10.2 Å². The molecule has 2 aromatic rings. The monoisotopic (exact) mass is 334 g/mol. The molecule has 0 radical (unpaired) electrons. The zero-order valence-corrected chi connectivity index (χ0v) is 14.6. The number of rotatable bonds is 2. The molecule has 0 saturated carbocycles. The fourth-order valence-corrected chi connectivity index (χ4v) is 3.95. The van der Waals surface area contributed by atoms with E-state index in [1.54, 1.807) is 0 Å². The SMILES string of the molecule is Cc1ccc(C)c(C2CC(=O)Nc3cc(N4CCCC4=O)ccc32)c1. The largest absolute Gasteiger partial charge is 0.326 e. The molecule has 0 spiro atoms. The number of nitrogens with zero attached hydrogens (tertiary/aromatic N) is 1. The van der Waals surface area contributed by atoms with E-state index in [0.717, 1.165) is 29.9 Å². The highest BCUT2D eigenvalue weighted by Gasteiger charge is 2.29. The number of hydrogen-bond acceptors (Lipinski definition) is 2. The maximum atomic E-state index is 12.3. The second-order valence-electron chi connectivity index (χ2n) is 7.09. The summed E-state index contributed by atoms with van der Waals surface area (Å²) in [4.78, 5) is 26.1. The maximum absolute atomic E-state index is 12.3. The topological polar surface area (TPSA) is 49.4 Å². The highest BCUT2D eigenvalue weighted by atomic mass is 16.2. The first-order chi connectivity index (χ1) is 12.0. The molecule has 2 aromatic carbocycles. The third kappa shape index (κ3) is 2.82. The van der Waals surface area contributed by atoms with E-state index in [2.05, 4.69) is 43.4 Å². The molecule has 4 heteroatoms. The van der Waals surface area contributed by atoms with Gasteiger partial charge in [-0.15, -0.1) is 0 Å². The van der Waals surface area contributed by atoms with Crippen molar-refractivity contribution < 1.29 is 9.59 Å². The van der Waals surface area contributed by atoms with Crippen LogP contribution in [-0.4, -0.2) is 18.4 Å². The van der Waals surface area contributed by atoms with E-state index in [1.165, 1.54) is 16.7 Å². The molecule has 0 aliphatic carbocycles. The molecular weight excluding hydrogens is 312 g/mol. The van der Waals surface area contributed by atoms with Gasteiger partial charge in [-0.05, 0) is 49.1 Å². The van der Waals surface area contributed by atoms with E-state index in [-0.39, 0.29) is 17.7 Å². The highest BCUT2D eigenvalue weighted by Crippen LogP contribution is 2.40. The molecule has 2 aliphatic rings. The fourth-order valence-electron chi connectivity index (χ4n) is 3.95. The molecule has 128 valence electrons.